The van der Waals surface area contributed by atoms with Crippen molar-refractivity contribution in [2.24, 2.45) is 0 Å². The Labute approximate surface area is 120 Å². The van der Waals surface area contributed by atoms with Crippen molar-refractivity contribution in [1.82, 2.24) is 0 Å². The zero-order valence-corrected chi connectivity index (χ0v) is 11.4. The Morgan fingerprint density at radius 3 is 2.53 bits per heavy atom. The van der Waals surface area contributed by atoms with Crippen LogP contribution >= 0.6 is 23.2 Å². The molecule has 0 amide bonds. The van der Waals surface area contributed by atoms with E-state index in [2.05, 4.69) is 0 Å². The van der Waals surface area contributed by atoms with Gasteiger partial charge in [-0.15, -0.1) is 0 Å². The number of fused-ring (bicyclic) bond motifs is 1. The maximum absolute atomic E-state index is 13.2. The highest BCUT2D eigenvalue weighted by Crippen LogP contribution is 2.45. The third-order valence-corrected chi connectivity index (χ3v) is 4.33. The Bertz CT molecular complexity index is 642. The Morgan fingerprint density at radius 1 is 1.00 bits per heavy atom. The molecule has 3 rings (SSSR count). The molecule has 0 aliphatic heterocycles. The highest BCUT2D eigenvalue weighted by molar-refractivity contribution is 6.42. The molecule has 2 atom stereocenters. The molecular weight excluding hydrogens is 286 g/mol. The van der Waals surface area contributed by atoms with Gasteiger partial charge in [-0.2, -0.15) is 0 Å². The molecule has 19 heavy (non-hydrogen) atoms. The second kappa shape index (κ2) is 4.78. The molecule has 98 valence electrons. The molecule has 2 aromatic carbocycles. The van der Waals surface area contributed by atoms with Gasteiger partial charge in [0.1, 0.15) is 5.82 Å². The lowest BCUT2D eigenvalue weighted by atomic mass is 9.93. The van der Waals surface area contributed by atoms with Crippen LogP contribution in [0, 0.1) is 5.82 Å². The van der Waals surface area contributed by atoms with Gasteiger partial charge >= 0.3 is 0 Å². The van der Waals surface area contributed by atoms with Crippen LogP contribution in [0.5, 0.6) is 0 Å². The summed E-state index contributed by atoms with van der Waals surface area (Å²) in [5, 5.41) is 11.0. The first-order chi connectivity index (χ1) is 9.06. The van der Waals surface area contributed by atoms with Crippen molar-refractivity contribution in [3.8, 4) is 0 Å². The SMILES string of the molecule is O[C@H]1C[C@@H](c2ccc(Cl)c(Cl)c2)c2ccc(F)cc21. The standard InChI is InChI=1S/C15H11Cl2FO/c16-13-4-1-8(5-14(13)17)11-7-15(19)12-6-9(18)2-3-10(11)12/h1-6,11,15,19H,7H2/t11-,15-/m0/s1. The molecule has 0 radical (unpaired) electrons. The summed E-state index contributed by atoms with van der Waals surface area (Å²) in [6.07, 6.45) is -0.0957. The van der Waals surface area contributed by atoms with Gasteiger partial charge in [0.15, 0.2) is 0 Å². The number of rotatable bonds is 1. The highest BCUT2D eigenvalue weighted by atomic mass is 35.5. The van der Waals surface area contributed by atoms with Crippen molar-refractivity contribution < 1.29 is 9.50 Å². The van der Waals surface area contributed by atoms with E-state index in [1.54, 1.807) is 18.2 Å². The van der Waals surface area contributed by atoms with Crippen LogP contribution in [0.2, 0.25) is 10.0 Å². The molecule has 0 saturated heterocycles. The van der Waals surface area contributed by atoms with Gasteiger partial charge in [0.25, 0.3) is 0 Å². The molecule has 0 unspecified atom stereocenters. The Kier molecular flexibility index (Phi) is 3.25. The molecule has 1 N–H and O–H groups in total. The van der Waals surface area contributed by atoms with Gasteiger partial charge in [-0.3, -0.25) is 0 Å². The van der Waals surface area contributed by atoms with E-state index < -0.39 is 6.10 Å². The van der Waals surface area contributed by atoms with E-state index in [1.165, 1.54) is 12.1 Å². The minimum absolute atomic E-state index is 0.0281. The van der Waals surface area contributed by atoms with E-state index in [9.17, 15) is 9.50 Å². The fourth-order valence-corrected chi connectivity index (χ4v) is 2.98. The van der Waals surface area contributed by atoms with Crippen molar-refractivity contribution >= 4 is 23.2 Å². The molecule has 2 aromatic rings. The van der Waals surface area contributed by atoms with Gasteiger partial charge < -0.3 is 5.11 Å². The minimum Gasteiger partial charge on any atom is -0.388 e. The van der Waals surface area contributed by atoms with Crippen molar-refractivity contribution in [2.45, 2.75) is 18.4 Å². The summed E-state index contributed by atoms with van der Waals surface area (Å²) < 4.78 is 13.2. The van der Waals surface area contributed by atoms with E-state index in [1.807, 2.05) is 6.07 Å². The summed E-state index contributed by atoms with van der Waals surface area (Å²) in [5.74, 6) is -0.298. The van der Waals surface area contributed by atoms with Gasteiger partial charge in [-0.1, -0.05) is 35.3 Å². The third kappa shape index (κ3) is 2.25. The van der Waals surface area contributed by atoms with Gasteiger partial charge in [0.05, 0.1) is 16.1 Å². The van der Waals surface area contributed by atoms with Crippen molar-refractivity contribution in [2.75, 3.05) is 0 Å². The van der Waals surface area contributed by atoms with Crippen LogP contribution in [0.15, 0.2) is 36.4 Å². The fraction of sp³-hybridized carbons (Fsp3) is 0.200. The molecule has 1 aliphatic carbocycles. The maximum atomic E-state index is 13.2. The highest BCUT2D eigenvalue weighted by Gasteiger charge is 2.31. The lowest BCUT2D eigenvalue weighted by Crippen LogP contribution is -1.96. The monoisotopic (exact) mass is 296 g/mol. The summed E-state index contributed by atoms with van der Waals surface area (Å²) in [7, 11) is 0. The molecule has 0 fully saturated rings. The molecule has 4 heteroatoms. The van der Waals surface area contributed by atoms with E-state index >= 15 is 0 Å². The number of hydrogen-bond acceptors (Lipinski definition) is 1. The largest absolute Gasteiger partial charge is 0.388 e. The Morgan fingerprint density at radius 2 is 1.79 bits per heavy atom. The van der Waals surface area contributed by atoms with Crippen LogP contribution in [0.4, 0.5) is 4.39 Å². The van der Waals surface area contributed by atoms with Crippen molar-refractivity contribution in [3.05, 3.63) is 69.0 Å². The van der Waals surface area contributed by atoms with Crippen LogP contribution in [0.1, 0.15) is 35.1 Å². The predicted octanol–water partition coefficient (Wildman–Crippen LogP) is 4.70. The number of halogens is 3. The smallest absolute Gasteiger partial charge is 0.123 e. The van der Waals surface area contributed by atoms with Gasteiger partial charge in [0, 0.05) is 5.92 Å². The third-order valence-electron chi connectivity index (χ3n) is 3.59. The fourth-order valence-electron chi connectivity index (χ4n) is 2.67. The first-order valence-corrected chi connectivity index (χ1v) is 6.74. The quantitative estimate of drug-likeness (QED) is 0.808. The van der Waals surface area contributed by atoms with Gasteiger partial charge in [0.2, 0.25) is 0 Å². The van der Waals surface area contributed by atoms with Crippen LogP contribution in [0.25, 0.3) is 0 Å². The molecule has 1 aliphatic rings. The zero-order chi connectivity index (χ0) is 13.6. The summed E-state index contributed by atoms with van der Waals surface area (Å²) >= 11 is 11.9. The molecule has 0 bridgehead atoms. The number of benzene rings is 2. The first-order valence-electron chi connectivity index (χ1n) is 5.98. The molecule has 0 aromatic heterocycles. The summed E-state index contributed by atoms with van der Waals surface area (Å²) in [5.41, 5.74) is 2.60. The summed E-state index contributed by atoms with van der Waals surface area (Å²) in [6, 6.07) is 9.99. The lowest BCUT2D eigenvalue weighted by molar-refractivity contribution is 0.176. The molecule has 0 spiro atoms. The maximum Gasteiger partial charge on any atom is 0.123 e. The average molecular weight is 297 g/mol. The molecule has 0 heterocycles. The number of hydrogen-bond donors (Lipinski definition) is 1. The lowest BCUT2D eigenvalue weighted by Gasteiger charge is -2.12. The van der Waals surface area contributed by atoms with E-state index in [4.69, 9.17) is 23.2 Å². The molecule has 1 nitrogen and oxygen atoms in total. The topological polar surface area (TPSA) is 20.2 Å². The normalized spacial score (nSPS) is 21.5. The summed E-state index contributed by atoms with van der Waals surface area (Å²) in [4.78, 5) is 0. The Balaban J connectivity index is 2.07. The zero-order valence-electron chi connectivity index (χ0n) is 9.91. The minimum atomic E-state index is -0.634. The van der Waals surface area contributed by atoms with E-state index in [-0.39, 0.29) is 11.7 Å². The number of aliphatic hydroxyl groups excluding tert-OH is 1. The van der Waals surface area contributed by atoms with Crippen molar-refractivity contribution in [1.29, 1.82) is 0 Å². The number of aliphatic hydroxyl groups is 1. The average Bonchev–Trinajstić information content (AvgIpc) is 2.70. The van der Waals surface area contributed by atoms with E-state index in [0.717, 1.165) is 11.1 Å². The van der Waals surface area contributed by atoms with Crippen LogP contribution < -0.4 is 0 Å². The van der Waals surface area contributed by atoms with E-state index in [0.29, 0.717) is 22.0 Å². The predicted molar refractivity (Wildman–Crippen MR) is 74.3 cm³/mol. The second-order valence-corrected chi connectivity index (χ2v) is 5.57. The van der Waals surface area contributed by atoms with Crippen molar-refractivity contribution in [3.63, 3.8) is 0 Å². The van der Waals surface area contributed by atoms with Crippen LogP contribution in [0.3, 0.4) is 0 Å². The summed E-state index contributed by atoms with van der Waals surface area (Å²) in [6.45, 7) is 0. The first kappa shape index (κ1) is 12.9. The molecule has 0 saturated carbocycles. The van der Waals surface area contributed by atoms with Crippen LogP contribution in [-0.2, 0) is 0 Å². The van der Waals surface area contributed by atoms with Crippen LogP contribution in [-0.4, -0.2) is 5.11 Å². The Hall–Kier alpha value is -1.09. The second-order valence-electron chi connectivity index (χ2n) is 4.75. The molecular formula is C15H11Cl2FO. The van der Waals surface area contributed by atoms with Gasteiger partial charge in [-0.05, 0) is 47.4 Å². The van der Waals surface area contributed by atoms with Gasteiger partial charge in [-0.25, -0.2) is 4.39 Å².